The standard InChI is InChI=1S/C12H18N2/c13-12-7-8-14(10-12)9-11-5-3-1-2-4-6-11/h1-5,12H,6-10,13H2. The molecule has 0 aromatic heterocycles. The van der Waals surface area contributed by atoms with Gasteiger partial charge in [0.1, 0.15) is 0 Å². The average molecular weight is 190 g/mol. The highest BCUT2D eigenvalue weighted by Gasteiger charge is 2.19. The highest BCUT2D eigenvalue weighted by molar-refractivity contribution is 5.24. The van der Waals surface area contributed by atoms with Gasteiger partial charge in [-0.2, -0.15) is 0 Å². The Morgan fingerprint density at radius 3 is 3.07 bits per heavy atom. The summed E-state index contributed by atoms with van der Waals surface area (Å²) in [5.74, 6) is 0. The first kappa shape index (κ1) is 9.69. The molecular formula is C12H18N2. The Kier molecular flexibility index (Phi) is 3.17. The van der Waals surface area contributed by atoms with Gasteiger partial charge in [-0.15, -0.1) is 0 Å². The third-order valence-electron chi connectivity index (χ3n) is 2.81. The summed E-state index contributed by atoms with van der Waals surface area (Å²) in [5, 5.41) is 0. The van der Waals surface area contributed by atoms with Crippen molar-refractivity contribution in [3.63, 3.8) is 0 Å². The molecular weight excluding hydrogens is 172 g/mol. The molecule has 1 saturated heterocycles. The summed E-state index contributed by atoms with van der Waals surface area (Å²) >= 11 is 0. The second-order valence-corrected chi connectivity index (χ2v) is 4.13. The molecule has 2 aliphatic rings. The van der Waals surface area contributed by atoms with E-state index in [-0.39, 0.29) is 0 Å². The first-order chi connectivity index (χ1) is 6.84. The van der Waals surface area contributed by atoms with Crippen LogP contribution in [0.2, 0.25) is 0 Å². The number of allylic oxidation sites excluding steroid dienone is 5. The summed E-state index contributed by atoms with van der Waals surface area (Å²) in [6.45, 7) is 3.30. The Labute approximate surface area is 85.8 Å². The fourth-order valence-corrected chi connectivity index (χ4v) is 2.03. The molecule has 1 unspecified atom stereocenters. The molecule has 2 nitrogen and oxygen atoms in total. The molecule has 0 aromatic rings. The molecule has 0 amide bonds. The van der Waals surface area contributed by atoms with Gasteiger partial charge >= 0.3 is 0 Å². The van der Waals surface area contributed by atoms with Crippen LogP contribution >= 0.6 is 0 Å². The predicted octanol–water partition coefficient (Wildman–Crippen LogP) is 1.46. The predicted molar refractivity (Wildman–Crippen MR) is 60.0 cm³/mol. The van der Waals surface area contributed by atoms with Crippen LogP contribution in [0.5, 0.6) is 0 Å². The van der Waals surface area contributed by atoms with Gasteiger partial charge in [-0.1, -0.05) is 36.0 Å². The number of likely N-dealkylation sites (tertiary alicyclic amines) is 1. The molecule has 76 valence electrons. The van der Waals surface area contributed by atoms with Crippen LogP contribution in [0.3, 0.4) is 0 Å². The number of hydrogen-bond donors (Lipinski definition) is 1. The van der Waals surface area contributed by atoms with E-state index in [0.717, 1.165) is 32.5 Å². The second kappa shape index (κ2) is 4.58. The SMILES string of the molecule is NC1CCN(CC2=CC=CC=CC2)C1. The zero-order valence-corrected chi connectivity index (χ0v) is 8.52. The van der Waals surface area contributed by atoms with Crippen molar-refractivity contribution < 1.29 is 0 Å². The molecule has 2 heteroatoms. The minimum atomic E-state index is 0.396. The van der Waals surface area contributed by atoms with E-state index in [1.807, 2.05) is 0 Å². The highest BCUT2D eigenvalue weighted by atomic mass is 15.2. The first-order valence-electron chi connectivity index (χ1n) is 5.34. The molecule has 2 rings (SSSR count). The third kappa shape index (κ3) is 2.56. The van der Waals surface area contributed by atoms with E-state index in [2.05, 4.69) is 35.3 Å². The molecule has 0 saturated carbocycles. The Morgan fingerprint density at radius 2 is 2.29 bits per heavy atom. The van der Waals surface area contributed by atoms with Gasteiger partial charge in [0.2, 0.25) is 0 Å². The van der Waals surface area contributed by atoms with Crippen LogP contribution in [0.25, 0.3) is 0 Å². The minimum Gasteiger partial charge on any atom is -0.326 e. The van der Waals surface area contributed by atoms with Gasteiger partial charge in [0, 0.05) is 25.7 Å². The molecule has 1 aliphatic carbocycles. The fraction of sp³-hybridized carbons (Fsp3) is 0.500. The third-order valence-corrected chi connectivity index (χ3v) is 2.81. The van der Waals surface area contributed by atoms with Gasteiger partial charge in [-0.3, -0.25) is 4.90 Å². The summed E-state index contributed by atoms with van der Waals surface area (Å²) < 4.78 is 0. The largest absolute Gasteiger partial charge is 0.326 e. The lowest BCUT2D eigenvalue weighted by Crippen LogP contribution is -2.28. The molecule has 1 fully saturated rings. The Morgan fingerprint density at radius 1 is 1.36 bits per heavy atom. The van der Waals surface area contributed by atoms with Crippen molar-refractivity contribution in [1.29, 1.82) is 0 Å². The molecule has 0 radical (unpaired) electrons. The van der Waals surface area contributed by atoms with E-state index in [1.54, 1.807) is 0 Å². The average Bonchev–Trinajstić information content (AvgIpc) is 2.43. The van der Waals surface area contributed by atoms with Crippen molar-refractivity contribution in [2.45, 2.75) is 18.9 Å². The van der Waals surface area contributed by atoms with Crippen molar-refractivity contribution in [2.24, 2.45) is 5.73 Å². The molecule has 1 aliphatic heterocycles. The Hall–Kier alpha value is -0.860. The number of nitrogens with zero attached hydrogens (tertiary/aromatic N) is 1. The fourth-order valence-electron chi connectivity index (χ4n) is 2.03. The molecule has 1 heterocycles. The van der Waals surface area contributed by atoms with Crippen LogP contribution in [-0.4, -0.2) is 30.6 Å². The lowest BCUT2D eigenvalue weighted by atomic mass is 10.1. The summed E-state index contributed by atoms with van der Waals surface area (Å²) in [6.07, 6.45) is 13.0. The lowest BCUT2D eigenvalue weighted by molar-refractivity contribution is 0.361. The van der Waals surface area contributed by atoms with Crippen LogP contribution in [0.15, 0.2) is 36.0 Å². The molecule has 0 aromatic carbocycles. The molecule has 0 bridgehead atoms. The van der Waals surface area contributed by atoms with Crippen LogP contribution in [0, 0.1) is 0 Å². The van der Waals surface area contributed by atoms with Crippen LogP contribution in [0.4, 0.5) is 0 Å². The maximum absolute atomic E-state index is 5.87. The van der Waals surface area contributed by atoms with Gasteiger partial charge in [0.15, 0.2) is 0 Å². The summed E-state index contributed by atoms with van der Waals surface area (Å²) in [6, 6.07) is 0.396. The number of hydrogen-bond acceptors (Lipinski definition) is 2. The monoisotopic (exact) mass is 190 g/mol. The van der Waals surface area contributed by atoms with Crippen molar-refractivity contribution in [1.82, 2.24) is 4.90 Å². The summed E-state index contributed by atoms with van der Waals surface area (Å²) in [5.41, 5.74) is 7.36. The van der Waals surface area contributed by atoms with Gasteiger partial charge in [0.05, 0.1) is 0 Å². The van der Waals surface area contributed by atoms with E-state index in [9.17, 15) is 0 Å². The lowest BCUT2D eigenvalue weighted by Gasteiger charge is -2.16. The maximum Gasteiger partial charge on any atom is 0.0199 e. The summed E-state index contributed by atoms with van der Waals surface area (Å²) in [7, 11) is 0. The van der Waals surface area contributed by atoms with Crippen LogP contribution in [-0.2, 0) is 0 Å². The van der Waals surface area contributed by atoms with Gasteiger partial charge in [-0.25, -0.2) is 0 Å². The first-order valence-corrected chi connectivity index (χ1v) is 5.34. The van der Waals surface area contributed by atoms with Gasteiger partial charge in [0.25, 0.3) is 0 Å². The Balaban J connectivity index is 1.88. The number of rotatable bonds is 2. The van der Waals surface area contributed by atoms with E-state index in [1.165, 1.54) is 5.57 Å². The van der Waals surface area contributed by atoms with Crippen molar-refractivity contribution in [3.05, 3.63) is 36.0 Å². The van der Waals surface area contributed by atoms with E-state index < -0.39 is 0 Å². The van der Waals surface area contributed by atoms with E-state index in [4.69, 9.17) is 5.73 Å². The van der Waals surface area contributed by atoms with Crippen molar-refractivity contribution >= 4 is 0 Å². The molecule has 1 atom stereocenters. The normalized spacial score (nSPS) is 27.8. The number of nitrogens with two attached hydrogens (primary N) is 1. The maximum atomic E-state index is 5.87. The molecule has 2 N–H and O–H groups in total. The van der Waals surface area contributed by atoms with Gasteiger partial charge in [-0.05, 0) is 12.8 Å². The van der Waals surface area contributed by atoms with Crippen molar-refractivity contribution in [3.8, 4) is 0 Å². The summed E-state index contributed by atoms with van der Waals surface area (Å²) in [4.78, 5) is 2.45. The zero-order valence-electron chi connectivity index (χ0n) is 8.52. The highest BCUT2D eigenvalue weighted by Crippen LogP contribution is 2.13. The molecule has 0 spiro atoms. The second-order valence-electron chi connectivity index (χ2n) is 4.13. The van der Waals surface area contributed by atoms with E-state index in [0.29, 0.717) is 6.04 Å². The van der Waals surface area contributed by atoms with Gasteiger partial charge < -0.3 is 5.73 Å². The topological polar surface area (TPSA) is 29.3 Å². The van der Waals surface area contributed by atoms with Crippen LogP contribution in [0.1, 0.15) is 12.8 Å². The Bertz CT molecular complexity index is 276. The smallest absolute Gasteiger partial charge is 0.0199 e. The zero-order chi connectivity index (χ0) is 9.80. The van der Waals surface area contributed by atoms with Crippen LogP contribution < -0.4 is 5.73 Å². The molecule has 14 heavy (non-hydrogen) atoms. The van der Waals surface area contributed by atoms with E-state index >= 15 is 0 Å². The quantitative estimate of drug-likeness (QED) is 0.714. The minimum absolute atomic E-state index is 0.396. The van der Waals surface area contributed by atoms with Crippen molar-refractivity contribution in [2.75, 3.05) is 19.6 Å².